The number of ether oxygens (including phenoxy) is 1. The molecule has 2 aromatic heterocycles. The molecule has 0 aliphatic rings. The van der Waals surface area contributed by atoms with E-state index in [9.17, 15) is 0 Å². The lowest BCUT2D eigenvalue weighted by atomic mass is 10.2. The van der Waals surface area contributed by atoms with Crippen LogP contribution in [0.1, 0.15) is 18.2 Å². The van der Waals surface area contributed by atoms with Gasteiger partial charge in [0.15, 0.2) is 5.11 Å². The average molecular weight is 316 g/mol. The fraction of sp³-hybridized carbons (Fsp3) is 0.312. The van der Waals surface area contributed by atoms with E-state index in [1.54, 1.807) is 12.4 Å². The zero-order valence-corrected chi connectivity index (χ0v) is 13.6. The molecular weight excluding hydrogens is 296 g/mol. The van der Waals surface area contributed by atoms with Crippen molar-refractivity contribution in [3.05, 3.63) is 47.9 Å². The molecule has 0 radical (unpaired) electrons. The van der Waals surface area contributed by atoms with Gasteiger partial charge in [-0.1, -0.05) is 6.07 Å². The third kappa shape index (κ3) is 4.66. The van der Waals surface area contributed by atoms with Crippen molar-refractivity contribution in [3.8, 4) is 5.75 Å². The molecule has 2 heterocycles. The first-order valence-electron chi connectivity index (χ1n) is 7.24. The fourth-order valence-electron chi connectivity index (χ4n) is 1.96. The molecule has 0 aliphatic carbocycles. The van der Waals surface area contributed by atoms with E-state index >= 15 is 0 Å². The topological polar surface area (TPSA) is 59.1 Å². The molecule has 0 bridgehead atoms. The maximum absolute atomic E-state index is 5.56. The molecule has 5 nitrogen and oxygen atoms in total. The Hall–Kier alpha value is -2.21. The number of nitrogens with zero attached hydrogens (tertiary/aromatic N) is 2. The quantitative estimate of drug-likeness (QED) is 0.799. The van der Waals surface area contributed by atoms with E-state index < -0.39 is 0 Å². The zero-order chi connectivity index (χ0) is 15.8. The smallest absolute Gasteiger partial charge is 0.171 e. The van der Waals surface area contributed by atoms with Gasteiger partial charge in [0.05, 0.1) is 12.3 Å². The van der Waals surface area contributed by atoms with Crippen LogP contribution in [0.3, 0.4) is 0 Å². The van der Waals surface area contributed by atoms with Crippen LogP contribution >= 0.6 is 12.2 Å². The maximum Gasteiger partial charge on any atom is 0.171 e. The number of pyridine rings is 2. The van der Waals surface area contributed by atoms with Crippen molar-refractivity contribution in [2.24, 2.45) is 0 Å². The summed E-state index contributed by atoms with van der Waals surface area (Å²) in [6.07, 6.45) is 4.24. The second-order valence-electron chi connectivity index (χ2n) is 4.68. The molecule has 0 unspecified atom stereocenters. The highest BCUT2D eigenvalue weighted by Crippen LogP contribution is 2.15. The van der Waals surface area contributed by atoms with Gasteiger partial charge < -0.3 is 15.4 Å². The number of nitrogens with one attached hydrogen (secondary N) is 2. The molecular formula is C16H20N4OS. The van der Waals surface area contributed by atoms with Gasteiger partial charge in [-0.25, -0.2) is 4.98 Å². The monoisotopic (exact) mass is 316 g/mol. The second-order valence-corrected chi connectivity index (χ2v) is 5.09. The number of aromatic nitrogens is 2. The first-order valence-corrected chi connectivity index (χ1v) is 7.64. The Morgan fingerprint density at radius 3 is 2.77 bits per heavy atom. The number of thiocarbonyl (C=S) groups is 1. The number of aryl methyl sites for hydroxylation is 1. The molecule has 0 spiro atoms. The SMILES string of the molecule is CCOc1cccnc1CCNC(=S)Nc1ncccc1C. The molecule has 22 heavy (non-hydrogen) atoms. The normalized spacial score (nSPS) is 10.1. The molecule has 2 aromatic rings. The summed E-state index contributed by atoms with van der Waals surface area (Å²) in [6, 6.07) is 7.69. The number of hydrogen-bond donors (Lipinski definition) is 2. The Bertz CT molecular complexity index is 633. The van der Waals surface area contributed by atoms with Crippen LogP contribution in [0.5, 0.6) is 5.75 Å². The number of rotatable bonds is 6. The summed E-state index contributed by atoms with van der Waals surface area (Å²) in [5.41, 5.74) is 1.98. The molecule has 0 fully saturated rings. The Morgan fingerprint density at radius 2 is 2.00 bits per heavy atom. The van der Waals surface area contributed by atoms with Gasteiger partial charge in [-0.15, -0.1) is 0 Å². The highest BCUT2D eigenvalue weighted by molar-refractivity contribution is 7.80. The van der Waals surface area contributed by atoms with E-state index in [1.807, 2.05) is 38.1 Å². The van der Waals surface area contributed by atoms with E-state index in [0.717, 1.165) is 29.2 Å². The second kappa shape index (κ2) is 8.29. The average Bonchev–Trinajstić information content (AvgIpc) is 2.51. The van der Waals surface area contributed by atoms with Gasteiger partial charge in [-0.3, -0.25) is 4.98 Å². The largest absolute Gasteiger partial charge is 0.492 e. The predicted octanol–water partition coefficient (Wildman–Crippen LogP) is 2.71. The third-order valence-corrected chi connectivity index (χ3v) is 3.28. The summed E-state index contributed by atoms with van der Waals surface area (Å²) >= 11 is 5.28. The zero-order valence-electron chi connectivity index (χ0n) is 12.8. The van der Waals surface area contributed by atoms with Crippen molar-refractivity contribution >= 4 is 23.1 Å². The van der Waals surface area contributed by atoms with Crippen molar-refractivity contribution < 1.29 is 4.74 Å². The molecule has 0 saturated carbocycles. The molecule has 6 heteroatoms. The molecule has 0 aliphatic heterocycles. The number of hydrogen-bond acceptors (Lipinski definition) is 4. The van der Waals surface area contributed by atoms with Crippen LogP contribution < -0.4 is 15.4 Å². The van der Waals surface area contributed by atoms with Crippen LogP contribution in [0.25, 0.3) is 0 Å². The summed E-state index contributed by atoms with van der Waals surface area (Å²) < 4.78 is 5.56. The summed E-state index contributed by atoms with van der Waals surface area (Å²) in [5.74, 6) is 1.60. The van der Waals surface area contributed by atoms with Crippen LogP contribution in [0.2, 0.25) is 0 Å². The molecule has 0 saturated heterocycles. The van der Waals surface area contributed by atoms with E-state index in [0.29, 0.717) is 18.3 Å². The Labute approximate surface area is 136 Å². The van der Waals surface area contributed by atoms with E-state index in [-0.39, 0.29) is 0 Å². The standard InChI is InChI=1S/C16H20N4OS/c1-3-21-14-7-5-9-17-13(14)8-11-19-16(22)20-15-12(2)6-4-10-18-15/h4-7,9-10H,3,8,11H2,1-2H3,(H2,18,19,20,22). The third-order valence-electron chi connectivity index (χ3n) is 3.04. The summed E-state index contributed by atoms with van der Waals surface area (Å²) in [7, 11) is 0. The van der Waals surface area contributed by atoms with Crippen molar-refractivity contribution in [2.75, 3.05) is 18.5 Å². The van der Waals surface area contributed by atoms with Crippen molar-refractivity contribution in [1.29, 1.82) is 0 Å². The number of anilines is 1. The van der Waals surface area contributed by atoms with E-state index in [2.05, 4.69) is 20.6 Å². The van der Waals surface area contributed by atoms with Gasteiger partial charge >= 0.3 is 0 Å². The van der Waals surface area contributed by atoms with Crippen molar-refractivity contribution in [2.45, 2.75) is 20.3 Å². The summed E-state index contributed by atoms with van der Waals surface area (Å²) in [6.45, 7) is 5.25. The minimum atomic E-state index is 0.552. The summed E-state index contributed by atoms with van der Waals surface area (Å²) in [5, 5.41) is 6.81. The van der Waals surface area contributed by atoms with Crippen LogP contribution in [-0.2, 0) is 6.42 Å². The highest BCUT2D eigenvalue weighted by atomic mass is 32.1. The molecule has 2 N–H and O–H groups in total. The predicted molar refractivity (Wildman–Crippen MR) is 92.3 cm³/mol. The molecule has 0 aromatic carbocycles. The van der Waals surface area contributed by atoms with Gasteiger partial charge in [0.2, 0.25) is 0 Å². The minimum absolute atomic E-state index is 0.552. The van der Waals surface area contributed by atoms with Gasteiger partial charge in [0.25, 0.3) is 0 Å². The minimum Gasteiger partial charge on any atom is -0.492 e. The molecule has 0 atom stereocenters. The van der Waals surface area contributed by atoms with E-state index in [4.69, 9.17) is 17.0 Å². The lowest BCUT2D eigenvalue weighted by Gasteiger charge is -2.12. The Kier molecular flexibility index (Phi) is 6.09. The fourth-order valence-corrected chi connectivity index (χ4v) is 2.16. The first kappa shape index (κ1) is 16.2. The van der Waals surface area contributed by atoms with Crippen molar-refractivity contribution in [1.82, 2.24) is 15.3 Å². The van der Waals surface area contributed by atoms with Crippen LogP contribution in [-0.4, -0.2) is 28.2 Å². The first-order chi connectivity index (χ1) is 10.7. The summed E-state index contributed by atoms with van der Waals surface area (Å²) in [4.78, 5) is 8.60. The highest BCUT2D eigenvalue weighted by Gasteiger charge is 2.05. The molecule has 0 amide bonds. The van der Waals surface area contributed by atoms with Gasteiger partial charge in [0.1, 0.15) is 11.6 Å². The van der Waals surface area contributed by atoms with Gasteiger partial charge in [-0.2, -0.15) is 0 Å². The van der Waals surface area contributed by atoms with Crippen molar-refractivity contribution in [3.63, 3.8) is 0 Å². The Morgan fingerprint density at radius 1 is 1.23 bits per heavy atom. The Balaban J connectivity index is 1.84. The van der Waals surface area contributed by atoms with Crippen LogP contribution in [0, 0.1) is 6.92 Å². The molecule has 2 rings (SSSR count). The van der Waals surface area contributed by atoms with Gasteiger partial charge in [-0.05, 0) is 49.8 Å². The lowest BCUT2D eigenvalue weighted by molar-refractivity contribution is 0.334. The lowest BCUT2D eigenvalue weighted by Crippen LogP contribution is -2.31. The molecule has 116 valence electrons. The van der Waals surface area contributed by atoms with Gasteiger partial charge in [0, 0.05) is 25.4 Å². The van der Waals surface area contributed by atoms with E-state index in [1.165, 1.54) is 0 Å². The van der Waals surface area contributed by atoms with Crippen LogP contribution in [0.15, 0.2) is 36.7 Å². The van der Waals surface area contributed by atoms with Crippen LogP contribution in [0.4, 0.5) is 5.82 Å². The maximum atomic E-state index is 5.56.